The van der Waals surface area contributed by atoms with E-state index >= 15 is 0 Å². The number of anilines is 1. The van der Waals surface area contributed by atoms with Crippen molar-refractivity contribution in [3.63, 3.8) is 0 Å². The molecule has 0 aliphatic heterocycles. The molecule has 140 valence electrons. The molecule has 0 bridgehead atoms. The van der Waals surface area contributed by atoms with Gasteiger partial charge in [0, 0.05) is 11.1 Å². The van der Waals surface area contributed by atoms with E-state index in [4.69, 9.17) is 4.74 Å². The lowest BCUT2D eigenvalue weighted by molar-refractivity contribution is 0.0531. The number of carbonyl (C=O) groups excluding carboxylic acids is 2. The lowest BCUT2D eigenvalue weighted by Crippen LogP contribution is -2.13. The number of hydrogen-bond donors (Lipinski definition) is 1. The second kappa shape index (κ2) is 7.84. The number of pyridine rings is 1. The number of nitrogens with one attached hydrogen (secondary N) is 1. The zero-order chi connectivity index (χ0) is 19.6. The number of rotatable bonds is 5. The molecule has 7 heteroatoms. The van der Waals surface area contributed by atoms with Gasteiger partial charge < -0.3 is 4.74 Å². The van der Waals surface area contributed by atoms with Gasteiger partial charge in [0.2, 0.25) is 0 Å². The molecule has 6 nitrogen and oxygen atoms in total. The fourth-order valence-electron chi connectivity index (χ4n) is 2.68. The van der Waals surface area contributed by atoms with Crippen LogP contribution in [0.25, 0.3) is 10.9 Å². The quantitative estimate of drug-likeness (QED) is 0.654. The third-order valence-electron chi connectivity index (χ3n) is 4.05. The van der Waals surface area contributed by atoms with Crippen LogP contribution >= 0.6 is 11.3 Å². The third-order valence-corrected chi connectivity index (χ3v) is 5.10. The summed E-state index contributed by atoms with van der Waals surface area (Å²) in [6.07, 6.45) is 0. The number of nitrogens with zero attached hydrogens (tertiary/aromatic N) is 2. The molecular formula is C20H21N3O3S. The monoisotopic (exact) mass is 383 g/mol. The Bertz CT molecular complexity index is 1010. The number of para-hydroxylation sites is 1. The zero-order valence-electron chi connectivity index (χ0n) is 15.7. The lowest BCUT2D eigenvalue weighted by Gasteiger charge is -2.11. The molecule has 2 heterocycles. The Hall–Kier alpha value is -2.80. The summed E-state index contributed by atoms with van der Waals surface area (Å²) in [5, 5.41) is 3.95. The van der Waals surface area contributed by atoms with Crippen molar-refractivity contribution in [3.05, 3.63) is 52.2 Å². The van der Waals surface area contributed by atoms with E-state index < -0.39 is 5.97 Å². The number of ether oxygens (including phenoxy) is 1. The first kappa shape index (κ1) is 19.0. The highest BCUT2D eigenvalue weighted by Crippen LogP contribution is 2.26. The maximum atomic E-state index is 12.9. The van der Waals surface area contributed by atoms with Crippen molar-refractivity contribution in [1.29, 1.82) is 0 Å². The number of amides is 1. The molecule has 0 spiro atoms. The van der Waals surface area contributed by atoms with Crippen LogP contribution in [0.3, 0.4) is 0 Å². The minimum Gasteiger partial charge on any atom is -0.462 e. The average Bonchev–Trinajstić information content (AvgIpc) is 3.01. The zero-order valence-corrected chi connectivity index (χ0v) is 16.5. The van der Waals surface area contributed by atoms with Crippen LogP contribution in [0, 0.1) is 6.92 Å². The molecule has 0 aliphatic carbocycles. The number of aromatic nitrogens is 2. The maximum absolute atomic E-state index is 12.9. The van der Waals surface area contributed by atoms with Crippen LogP contribution in [0.2, 0.25) is 0 Å². The summed E-state index contributed by atoms with van der Waals surface area (Å²) in [5.74, 6) is -0.511. The van der Waals surface area contributed by atoms with Crippen LogP contribution in [-0.2, 0) is 4.74 Å². The number of fused-ring (bicyclic) bond motifs is 1. The van der Waals surface area contributed by atoms with Crippen LogP contribution in [0.15, 0.2) is 30.3 Å². The highest BCUT2D eigenvalue weighted by molar-refractivity contribution is 7.17. The van der Waals surface area contributed by atoms with Crippen LogP contribution < -0.4 is 5.32 Å². The van der Waals surface area contributed by atoms with Crippen molar-refractivity contribution in [2.24, 2.45) is 0 Å². The topological polar surface area (TPSA) is 81.2 Å². The highest BCUT2D eigenvalue weighted by Gasteiger charge is 2.20. The van der Waals surface area contributed by atoms with E-state index in [2.05, 4.69) is 15.3 Å². The molecule has 0 radical (unpaired) electrons. The van der Waals surface area contributed by atoms with E-state index in [0.29, 0.717) is 27.9 Å². The van der Waals surface area contributed by atoms with Crippen LogP contribution in [-0.4, -0.2) is 28.5 Å². The molecule has 1 amide bonds. The molecule has 0 unspecified atom stereocenters. The van der Waals surface area contributed by atoms with Gasteiger partial charge in [0.05, 0.1) is 23.4 Å². The summed E-state index contributed by atoms with van der Waals surface area (Å²) in [6.45, 7) is 7.83. The summed E-state index contributed by atoms with van der Waals surface area (Å²) in [4.78, 5) is 34.2. The minimum absolute atomic E-state index is 0.193. The van der Waals surface area contributed by atoms with Gasteiger partial charge in [-0.05, 0) is 31.9 Å². The highest BCUT2D eigenvalue weighted by atomic mass is 32.1. The van der Waals surface area contributed by atoms with Gasteiger partial charge in [-0.2, -0.15) is 0 Å². The normalized spacial score (nSPS) is 11.0. The SMILES string of the molecule is CCOC(=O)c1sc(NC(=O)c2cc(C(C)C)nc3ccccc23)nc1C. The number of hydrogen-bond acceptors (Lipinski definition) is 6. The number of benzene rings is 1. The van der Waals surface area contributed by atoms with Gasteiger partial charge in [0.25, 0.3) is 5.91 Å². The van der Waals surface area contributed by atoms with E-state index in [1.54, 1.807) is 13.8 Å². The largest absolute Gasteiger partial charge is 0.462 e. The second-order valence-corrected chi connectivity index (χ2v) is 7.37. The van der Waals surface area contributed by atoms with Crippen molar-refractivity contribution in [1.82, 2.24) is 9.97 Å². The Kier molecular flexibility index (Phi) is 5.51. The van der Waals surface area contributed by atoms with Gasteiger partial charge in [-0.3, -0.25) is 15.1 Å². The predicted molar refractivity (Wildman–Crippen MR) is 107 cm³/mol. The van der Waals surface area contributed by atoms with Crippen molar-refractivity contribution in [2.75, 3.05) is 11.9 Å². The first-order valence-corrected chi connectivity index (χ1v) is 9.58. The van der Waals surface area contributed by atoms with Crippen LogP contribution in [0.5, 0.6) is 0 Å². The van der Waals surface area contributed by atoms with Gasteiger partial charge >= 0.3 is 5.97 Å². The van der Waals surface area contributed by atoms with Gasteiger partial charge in [-0.25, -0.2) is 9.78 Å². The predicted octanol–water partition coefficient (Wildman–Crippen LogP) is 4.55. The average molecular weight is 383 g/mol. The molecule has 0 fully saturated rings. The van der Waals surface area contributed by atoms with Crippen molar-refractivity contribution in [2.45, 2.75) is 33.6 Å². The smallest absolute Gasteiger partial charge is 0.350 e. The standard InChI is InChI=1S/C20H21N3O3S/c1-5-26-19(25)17-12(4)21-20(27-17)23-18(24)14-10-16(11(2)3)22-15-9-7-6-8-13(14)15/h6-11H,5H2,1-4H3,(H,21,23,24). The van der Waals surface area contributed by atoms with Crippen LogP contribution in [0.4, 0.5) is 5.13 Å². The van der Waals surface area contributed by atoms with Gasteiger partial charge in [0.15, 0.2) is 5.13 Å². The number of aryl methyl sites for hydroxylation is 1. The van der Waals surface area contributed by atoms with E-state index in [0.717, 1.165) is 27.9 Å². The van der Waals surface area contributed by atoms with Crippen LogP contribution in [0.1, 0.15) is 58.1 Å². The molecule has 0 aliphatic rings. The Balaban J connectivity index is 1.95. The van der Waals surface area contributed by atoms with E-state index in [1.807, 2.05) is 44.2 Å². The fraction of sp³-hybridized carbons (Fsp3) is 0.300. The van der Waals surface area contributed by atoms with Crippen molar-refractivity contribution >= 4 is 39.2 Å². The second-order valence-electron chi connectivity index (χ2n) is 6.37. The first-order chi connectivity index (χ1) is 12.9. The first-order valence-electron chi connectivity index (χ1n) is 8.76. The van der Waals surface area contributed by atoms with Gasteiger partial charge in [-0.1, -0.05) is 43.4 Å². The summed E-state index contributed by atoms with van der Waals surface area (Å²) >= 11 is 1.11. The molecule has 1 N–H and O–H groups in total. The third kappa shape index (κ3) is 3.98. The summed E-state index contributed by atoms with van der Waals surface area (Å²) < 4.78 is 5.02. The van der Waals surface area contributed by atoms with Gasteiger partial charge in [0.1, 0.15) is 4.88 Å². The molecule has 3 rings (SSSR count). The van der Waals surface area contributed by atoms with E-state index in [9.17, 15) is 9.59 Å². The molecule has 27 heavy (non-hydrogen) atoms. The number of carbonyl (C=O) groups is 2. The Morgan fingerprint density at radius 2 is 1.96 bits per heavy atom. The minimum atomic E-state index is -0.426. The Labute approximate surface area is 161 Å². The Morgan fingerprint density at radius 1 is 1.22 bits per heavy atom. The summed E-state index contributed by atoms with van der Waals surface area (Å²) in [7, 11) is 0. The van der Waals surface area contributed by atoms with Crippen molar-refractivity contribution < 1.29 is 14.3 Å². The number of thiazole rings is 1. The Morgan fingerprint density at radius 3 is 2.67 bits per heavy atom. The van der Waals surface area contributed by atoms with Crippen molar-refractivity contribution in [3.8, 4) is 0 Å². The molecule has 0 saturated heterocycles. The molecular weight excluding hydrogens is 362 g/mol. The fourth-order valence-corrected chi connectivity index (χ4v) is 3.54. The molecule has 1 aromatic carbocycles. The van der Waals surface area contributed by atoms with E-state index in [1.165, 1.54) is 0 Å². The lowest BCUT2D eigenvalue weighted by atomic mass is 10.0. The molecule has 2 aromatic heterocycles. The number of esters is 1. The summed E-state index contributed by atoms with van der Waals surface area (Å²) in [6, 6.07) is 9.36. The maximum Gasteiger partial charge on any atom is 0.350 e. The van der Waals surface area contributed by atoms with E-state index in [-0.39, 0.29) is 11.8 Å². The molecule has 0 saturated carbocycles. The van der Waals surface area contributed by atoms with Gasteiger partial charge in [-0.15, -0.1) is 0 Å². The molecule has 3 aromatic rings. The molecule has 0 atom stereocenters. The summed E-state index contributed by atoms with van der Waals surface area (Å²) in [5.41, 5.74) is 2.70.